The lowest BCUT2D eigenvalue weighted by Crippen LogP contribution is -2.26. The van der Waals surface area contributed by atoms with Gasteiger partial charge in [-0.2, -0.15) is 0 Å². The van der Waals surface area contributed by atoms with Crippen LogP contribution in [0.3, 0.4) is 0 Å². The minimum absolute atomic E-state index is 0.523. The highest BCUT2D eigenvalue weighted by atomic mass is 16.1. The summed E-state index contributed by atoms with van der Waals surface area (Å²) in [5.74, 6) is 0.523. The zero-order chi connectivity index (χ0) is 11.7. The molecule has 0 aromatic carbocycles. The quantitative estimate of drug-likeness (QED) is 0.795. The van der Waals surface area contributed by atoms with Gasteiger partial charge in [-0.1, -0.05) is 0 Å². The van der Waals surface area contributed by atoms with E-state index in [1.807, 2.05) is 18.3 Å². The Balaban J connectivity index is 2.11. The highest BCUT2D eigenvalue weighted by molar-refractivity contribution is 5.85. The number of piperidine rings is 1. The fourth-order valence-corrected chi connectivity index (χ4v) is 2.63. The van der Waals surface area contributed by atoms with Crippen molar-refractivity contribution in [2.75, 3.05) is 13.1 Å². The maximum Gasteiger partial charge on any atom is 0.218 e. The van der Waals surface area contributed by atoms with Crippen LogP contribution in [0, 0.1) is 0 Å². The molecule has 2 aromatic heterocycles. The highest BCUT2D eigenvalue weighted by Crippen LogP contribution is 2.31. The largest absolute Gasteiger partial charge is 0.317 e. The Kier molecular flexibility index (Phi) is 2.65. The van der Waals surface area contributed by atoms with Gasteiger partial charge in [0.15, 0.2) is 0 Å². The molecule has 3 rings (SSSR count). The first-order chi connectivity index (χ1) is 8.40. The Hall–Kier alpha value is -1.68. The fourth-order valence-electron chi connectivity index (χ4n) is 2.63. The summed E-state index contributed by atoms with van der Waals surface area (Å²) in [5.41, 5.74) is 3.11. The summed E-state index contributed by atoms with van der Waals surface area (Å²) in [5, 5.41) is 3.36. The third kappa shape index (κ3) is 1.74. The van der Waals surface area contributed by atoms with Crippen molar-refractivity contribution in [1.29, 1.82) is 0 Å². The molecule has 1 aliphatic rings. The summed E-state index contributed by atoms with van der Waals surface area (Å²) < 4.78 is 1.64. The summed E-state index contributed by atoms with van der Waals surface area (Å²) in [6.45, 7) is 2.09. The van der Waals surface area contributed by atoms with E-state index in [1.165, 1.54) is 5.56 Å². The van der Waals surface area contributed by atoms with E-state index in [1.54, 1.807) is 10.8 Å². The molecule has 0 atom stereocenters. The van der Waals surface area contributed by atoms with Gasteiger partial charge >= 0.3 is 0 Å². The van der Waals surface area contributed by atoms with Crippen molar-refractivity contribution in [3.05, 3.63) is 30.1 Å². The van der Waals surface area contributed by atoms with E-state index in [-0.39, 0.29) is 0 Å². The van der Waals surface area contributed by atoms with Crippen molar-refractivity contribution in [2.24, 2.45) is 0 Å². The number of fused-ring (bicyclic) bond motifs is 1. The minimum Gasteiger partial charge on any atom is -0.317 e. The van der Waals surface area contributed by atoms with Crippen LogP contribution in [-0.4, -0.2) is 29.1 Å². The second-order valence-electron chi connectivity index (χ2n) is 4.49. The maximum absolute atomic E-state index is 11.0. The number of carbonyl (C=O) groups is 1. The van der Waals surface area contributed by atoms with Crippen LogP contribution in [0.15, 0.2) is 24.5 Å². The monoisotopic (exact) mass is 229 g/mol. The molecule has 1 aliphatic heterocycles. The molecular weight excluding hydrogens is 214 g/mol. The van der Waals surface area contributed by atoms with Crippen molar-refractivity contribution in [1.82, 2.24) is 14.9 Å². The van der Waals surface area contributed by atoms with Gasteiger partial charge in [0.1, 0.15) is 0 Å². The summed E-state index contributed by atoms with van der Waals surface area (Å²) >= 11 is 0. The lowest BCUT2D eigenvalue weighted by Gasteiger charge is -2.21. The van der Waals surface area contributed by atoms with Gasteiger partial charge < -0.3 is 5.32 Å². The minimum atomic E-state index is 0.523. The summed E-state index contributed by atoms with van der Waals surface area (Å²) in [4.78, 5) is 15.5. The molecule has 1 N–H and O–H groups in total. The average molecular weight is 229 g/mol. The Bertz CT molecular complexity index is 541. The van der Waals surface area contributed by atoms with Gasteiger partial charge in [-0.25, -0.2) is 0 Å². The van der Waals surface area contributed by atoms with E-state index in [9.17, 15) is 4.79 Å². The molecule has 17 heavy (non-hydrogen) atoms. The molecule has 1 saturated heterocycles. The fraction of sp³-hybridized carbons (Fsp3) is 0.385. The van der Waals surface area contributed by atoms with E-state index >= 15 is 0 Å². The molecule has 4 nitrogen and oxygen atoms in total. The molecule has 0 amide bonds. The standard InChI is InChI=1S/C13H15N3O/c17-9-16-8-11(10-3-6-14-7-4-10)13-12(16)2-1-5-15-13/h1-2,5,8-10,14H,3-4,6-7H2. The first kappa shape index (κ1) is 10.5. The Morgan fingerprint density at radius 1 is 1.41 bits per heavy atom. The van der Waals surface area contributed by atoms with Crippen LogP contribution >= 0.6 is 0 Å². The number of hydrogen-bond donors (Lipinski definition) is 1. The number of carbonyl (C=O) groups excluding carboxylic acids is 1. The van der Waals surface area contributed by atoms with Gasteiger partial charge in [-0.3, -0.25) is 14.3 Å². The molecule has 0 spiro atoms. The van der Waals surface area contributed by atoms with E-state index in [0.29, 0.717) is 5.92 Å². The molecule has 3 heterocycles. The van der Waals surface area contributed by atoms with Crippen molar-refractivity contribution in [3.8, 4) is 0 Å². The molecule has 0 saturated carbocycles. The SMILES string of the molecule is O=Cn1cc(C2CCNCC2)c2ncccc21. The van der Waals surface area contributed by atoms with E-state index in [2.05, 4.69) is 10.3 Å². The second kappa shape index (κ2) is 4.30. The van der Waals surface area contributed by atoms with Crippen LogP contribution < -0.4 is 5.32 Å². The van der Waals surface area contributed by atoms with Crippen LogP contribution in [0.2, 0.25) is 0 Å². The average Bonchev–Trinajstić information content (AvgIpc) is 2.78. The molecular formula is C13H15N3O. The number of pyridine rings is 1. The summed E-state index contributed by atoms with van der Waals surface area (Å²) in [6, 6.07) is 3.82. The van der Waals surface area contributed by atoms with Crippen LogP contribution in [0.1, 0.15) is 24.3 Å². The third-order valence-corrected chi connectivity index (χ3v) is 3.51. The predicted octanol–water partition coefficient (Wildman–Crippen LogP) is 1.54. The highest BCUT2D eigenvalue weighted by Gasteiger charge is 2.20. The van der Waals surface area contributed by atoms with Crippen LogP contribution in [0.4, 0.5) is 0 Å². The molecule has 0 unspecified atom stereocenters. The zero-order valence-corrected chi connectivity index (χ0v) is 9.60. The third-order valence-electron chi connectivity index (χ3n) is 3.51. The Morgan fingerprint density at radius 3 is 3.00 bits per heavy atom. The molecule has 2 aromatic rings. The zero-order valence-electron chi connectivity index (χ0n) is 9.60. The van der Waals surface area contributed by atoms with Crippen molar-refractivity contribution < 1.29 is 4.79 Å². The molecule has 4 heteroatoms. The summed E-state index contributed by atoms with van der Waals surface area (Å²) in [6.07, 6.45) is 6.83. The molecule has 0 aliphatic carbocycles. The number of aromatic nitrogens is 2. The van der Waals surface area contributed by atoms with Crippen molar-refractivity contribution >= 4 is 17.4 Å². The van der Waals surface area contributed by atoms with Gasteiger partial charge in [-0.15, -0.1) is 0 Å². The Morgan fingerprint density at radius 2 is 2.24 bits per heavy atom. The molecule has 0 radical (unpaired) electrons. The second-order valence-corrected chi connectivity index (χ2v) is 4.49. The number of nitrogens with one attached hydrogen (secondary N) is 1. The molecule has 1 fully saturated rings. The van der Waals surface area contributed by atoms with E-state index < -0.39 is 0 Å². The summed E-state index contributed by atoms with van der Waals surface area (Å²) in [7, 11) is 0. The van der Waals surface area contributed by atoms with Gasteiger partial charge in [0.2, 0.25) is 6.41 Å². The van der Waals surface area contributed by atoms with Gasteiger partial charge in [0, 0.05) is 12.4 Å². The first-order valence-corrected chi connectivity index (χ1v) is 6.01. The topological polar surface area (TPSA) is 46.9 Å². The predicted molar refractivity (Wildman–Crippen MR) is 66.7 cm³/mol. The van der Waals surface area contributed by atoms with Crippen molar-refractivity contribution in [2.45, 2.75) is 18.8 Å². The number of hydrogen-bond acceptors (Lipinski definition) is 3. The molecule has 0 bridgehead atoms. The number of nitrogens with zero attached hydrogens (tertiary/aromatic N) is 2. The van der Waals surface area contributed by atoms with Crippen LogP contribution in [0.5, 0.6) is 0 Å². The Labute approximate surface area is 99.6 Å². The smallest absolute Gasteiger partial charge is 0.218 e. The van der Waals surface area contributed by atoms with E-state index in [4.69, 9.17) is 0 Å². The lowest BCUT2D eigenvalue weighted by molar-refractivity contribution is 0.461. The van der Waals surface area contributed by atoms with Gasteiger partial charge in [0.25, 0.3) is 0 Å². The maximum atomic E-state index is 11.0. The normalized spacial score (nSPS) is 17.4. The number of rotatable bonds is 2. The first-order valence-electron chi connectivity index (χ1n) is 6.01. The van der Waals surface area contributed by atoms with E-state index in [0.717, 1.165) is 43.4 Å². The lowest BCUT2D eigenvalue weighted by atomic mass is 9.91. The molecule has 88 valence electrons. The van der Waals surface area contributed by atoms with Gasteiger partial charge in [-0.05, 0) is 49.5 Å². The van der Waals surface area contributed by atoms with Crippen LogP contribution in [0.25, 0.3) is 11.0 Å². The van der Waals surface area contributed by atoms with Crippen LogP contribution in [-0.2, 0) is 4.79 Å². The van der Waals surface area contributed by atoms with Crippen molar-refractivity contribution in [3.63, 3.8) is 0 Å². The van der Waals surface area contributed by atoms with Gasteiger partial charge in [0.05, 0.1) is 11.0 Å².